The minimum atomic E-state index is -0.422. The van der Waals surface area contributed by atoms with Gasteiger partial charge in [-0.1, -0.05) is 13.3 Å². The molecular formula is C11H15FN2. The third-order valence-corrected chi connectivity index (χ3v) is 3.01. The standard InChI is InChI=1S/C11H15FN2/c1-11(4-2-5-11)8-14-9-3-6-13-10(12)7-9/h3,6-7H,2,4-5,8H2,1H3,(H,13,14). The van der Waals surface area contributed by atoms with E-state index in [4.69, 9.17) is 0 Å². The molecule has 0 unspecified atom stereocenters. The highest BCUT2D eigenvalue weighted by Crippen LogP contribution is 2.40. The van der Waals surface area contributed by atoms with E-state index in [2.05, 4.69) is 17.2 Å². The zero-order chi connectivity index (χ0) is 10.0. The van der Waals surface area contributed by atoms with Crippen molar-refractivity contribution in [2.75, 3.05) is 11.9 Å². The zero-order valence-electron chi connectivity index (χ0n) is 8.39. The first-order chi connectivity index (χ1) is 6.68. The highest BCUT2D eigenvalue weighted by atomic mass is 19.1. The molecule has 0 aromatic carbocycles. The number of pyridine rings is 1. The average Bonchev–Trinajstić information content (AvgIpc) is 2.12. The van der Waals surface area contributed by atoms with Crippen LogP contribution in [0.4, 0.5) is 10.1 Å². The van der Waals surface area contributed by atoms with E-state index in [1.165, 1.54) is 31.5 Å². The van der Waals surface area contributed by atoms with Gasteiger partial charge in [-0.15, -0.1) is 0 Å². The monoisotopic (exact) mass is 194 g/mol. The van der Waals surface area contributed by atoms with Crippen LogP contribution in [0.15, 0.2) is 18.3 Å². The van der Waals surface area contributed by atoms with Crippen molar-refractivity contribution >= 4 is 5.69 Å². The summed E-state index contributed by atoms with van der Waals surface area (Å²) in [4.78, 5) is 3.51. The van der Waals surface area contributed by atoms with Gasteiger partial charge in [-0.3, -0.25) is 0 Å². The fourth-order valence-electron chi connectivity index (χ4n) is 1.78. The Balaban J connectivity index is 1.91. The van der Waals surface area contributed by atoms with E-state index in [0.29, 0.717) is 5.41 Å². The molecule has 0 atom stereocenters. The van der Waals surface area contributed by atoms with Crippen LogP contribution in [-0.4, -0.2) is 11.5 Å². The van der Waals surface area contributed by atoms with Crippen LogP contribution in [0.3, 0.4) is 0 Å². The minimum Gasteiger partial charge on any atom is -0.384 e. The molecule has 0 aliphatic heterocycles. The Hall–Kier alpha value is -1.12. The Morgan fingerprint density at radius 1 is 1.57 bits per heavy atom. The van der Waals surface area contributed by atoms with Gasteiger partial charge in [0.1, 0.15) is 0 Å². The van der Waals surface area contributed by atoms with Crippen LogP contribution in [-0.2, 0) is 0 Å². The summed E-state index contributed by atoms with van der Waals surface area (Å²) in [5.74, 6) is -0.422. The first-order valence-electron chi connectivity index (χ1n) is 5.03. The van der Waals surface area contributed by atoms with Gasteiger partial charge in [0.05, 0.1) is 0 Å². The van der Waals surface area contributed by atoms with Crippen LogP contribution < -0.4 is 5.32 Å². The first-order valence-corrected chi connectivity index (χ1v) is 5.03. The molecule has 76 valence electrons. The summed E-state index contributed by atoms with van der Waals surface area (Å²) in [6, 6.07) is 3.23. The molecule has 3 heteroatoms. The maximum absolute atomic E-state index is 12.7. The molecule has 1 saturated carbocycles. The quantitative estimate of drug-likeness (QED) is 0.748. The van der Waals surface area contributed by atoms with Crippen LogP contribution >= 0.6 is 0 Å². The molecule has 1 fully saturated rings. The molecule has 1 aliphatic rings. The number of rotatable bonds is 3. The van der Waals surface area contributed by atoms with E-state index in [-0.39, 0.29) is 0 Å². The zero-order valence-corrected chi connectivity index (χ0v) is 8.39. The summed E-state index contributed by atoms with van der Waals surface area (Å²) in [7, 11) is 0. The van der Waals surface area contributed by atoms with Gasteiger partial charge in [0.25, 0.3) is 0 Å². The van der Waals surface area contributed by atoms with Gasteiger partial charge in [0, 0.05) is 24.5 Å². The second-order valence-corrected chi connectivity index (χ2v) is 4.39. The summed E-state index contributed by atoms with van der Waals surface area (Å²) in [5, 5.41) is 3.25. The average molecular weight is 194 g/mol. The van der Waals surface area contributed by atoms with E-state index in [0.717, 1.165) is 12.2 Å². The Morgan fingerprint density at radius 3 is 2.93 bits per heavy atom. The van der Waals surface area contributed by atoms with Crippen molar-refractivity contribution in [2.24, 2.45) is 5.41 Å². The summed E-state index contributed by atoms with van der Waals surface area (Å²) in [5.41, 5.74) is 1.24. The van der Waals surface area contributed by atoms with Crippen LogP contribution in [0.25, 0.3) is 0 Å². The van der Waals surface area contributed by atoms with E-state index < -0.39 is 5.95 Å². The van der Waals surface area contributed by atoms with Crippen molar-refractivity contribution in [1.29, 1.82) is 0 Å². The fraction of sp³-hybridized carbons (Fsp3) is 0.545. The van der Waals surface area contributed by atoms with Gasteiger partial charge in [0.2, 0.25) is 5.95 Å². The minimum absolute atomic E-state index is 0.416. The first kappa shape index (κ1) is 9.44. The second-order valence-electron chi connectivity index (χ2n) is 4.39. The normalized spacial score (nSPS) is 18.7. The third kappa shape index (κ3) is 2.03. The number of nitrogens with one attached hydrogen (secondary N) is 1. The number of nitrogens with zero attached hydrogens (tertiary/aromatic N) is 1. The summed E-state index contributed by atoms with van der Waals surface area (Å²) >= 11 is 0. The van der Waals surface area contributed by atoms with Crippen molar-refractivity contribution in [2.45, 2.75) is 26.2 Å². The van der Waals surface area contributed by atoms with Crippen LogP contribution in [0, 0.1) is 11.4 Å². The summed E-state index contributed by atoms with van der Waals surface area (Å²) in [6.07, 6.45) is 5.35. The second kappa shape index (κ2) is 3.56. The molecule has 1 aliphatic carbocycles. The Labute approximate surface area is 83.6 Å². The van der Waals surface area contributed by atoms with Gasteiger partial charge < -0.3 is 5.32 Å². The lowest BCUT2D eigenvalue weighted by Crippen LogP contribution is -2.33. The van der Waals surface area contributed by atoms with Gasteiger partial charge in [-0.25, -0.2) is 4.98 Å². The predicted octanol–water partition coefficient (Wildman–Crippen LogP) is 2.82. The molecule has 2 rings (SSSR count). The summed E-state index contributed by atoms with van der Waals surface area (Å²) in [6.45, 7) is 3.19. The maximum Gasteiger partial charge on any atom is 0.214 e. The number of anilines is 1. The molecule has 1 heterocycles. The largest absolute Gasteiger partial charge is 0.384 e. The predicted molar refractivity (Wildman–Crippen MR) is 54.6 cm³/mol. The topological polar surface area (TPSA) is 24.9 Å². The van der Waals surface area contributed by atoms with E-state index in [1.807, 2.05) is 0 Å². The van der Waals surface area contributed by atoms with E-state index in [9.17, 15) is 4.39 Å². The molecule has 0 saturated heterocycles. The van der Waals surface area contributed by atoms with E-state index in [1.54, 1.807) is 6.07 Å². The number of aromatic nitrogens is 1. The lowest BCUT2D eigenvalue weighted by Gasteiger charge is -2.38. The van der Waals surface area contributed by atoms with Crippen LogP contribution in [0.1, 0.15) is 26.2 Å². The van der Waals surface area contributed by atoms with Crippen LogP contribution in [0.2, 0.25) is 0 Å². The van der Waals surface area contributed by atoms with Crippen molar-refractivity contribution < 1.29 is 4.39 Å². The molecule has 1 N–H and O–H groups in total. The molecule has 2 nitrogen and oxygen atoms in total. The Kier molecular flexibility index (Phi) is 2.40. The van der Waals surface area contributed by atoms with Gasteiger partial charge in [-0.2, -0.15) is 4.39 Å². The van der Waals surface area contributed by atoms with Crippen molar-refractivity contribution in [3.63, 3.8) is 0 Å². The number of hydrogen-bond acceptors (Lipinski definition) is 2. The lowest BCUT2D eigenvalue weighted by atomic mass is 9.70. The molecule has 1 aromatic heterocycles. The molecule has 0 radical (unpaired) electrons. The smallest absolute Gasteiger partial charge is 0.214 e. The highest BCUT2D eigenvalue weighted by molar-refractivity contribution is 5.41. The summed E-state index contributed by atoms with van der Waals surface area (Å²) < 4.78 is 12.7. The maximum atomic E-state index is 12.7. The Bertz CT molecular complexity index is 321. The van der Waals surface area contributed by atoms with Gasteiger partial charge in [0.15, 0.2) is 0 Å². The number of hydrogen-bond donors (Lipinski definition) is 1. The van der Waals surface area contributed by atoms with Crippen molar-refractivity contribution in [3.05, 3.63) is 24.3 Å². The molecule has 0 spiro atoms. The molecule has 0 amide bonds. The number of halogens is 1. The molecular weight excluding hydrogens is 179 g/mol. The molecule has 0 bridgehead atoms. The molecule has 14 heavy (non-hydrogen) atoms. The SMILES string of the molecule is CC1(CNc2ccnc(F)c2)CCC1. The third-order valence-electron chi connectivity index (χ3n) is 3.01. The molecule has 1 aromatic rings. The lowest BCUT2D eigenvalue weighted by molar-refractivity contribution is 0.180. The van der Waals surface area contributed by atoms with Gasteiger partial charge >= 0.3 is 0 Å². The van der Waals surface area contributed by atoms with Crippen LogP contribution in [0.5, 0.6) is 0 Å². The Morgan fingerprint density at radius 2 is 2.36 bits per heavy atom. The fourth-order valence-corrected chi connectivity index (χ4v) is 1.78. The van der Waals surface area contributed by atoms with Crippen molar-refractivity contribution in [1.82, 2.24) is 4.98 Å². The van der Waals surface area contributed by atoms with Gasteiger partial charge in [-0.05, 0) is 24.3 Å². The van der Waals surface area contributed by atoms with E-state index >= 15 is 0 Å². The van der Waals surface area contributed by atoms with Crippen molar-refractivity contribution in [3.8, 4) is 0 Å². The highest BCUT2D eigenvalue weighted by Gasteiger charge is 2.31.